The Balaban J connectivity index is 2.87. The first-order valence-corrected chi connectivity index (χ1v) is 6.00. The predicted octanol–water partition coefficient (Wildman–Crippen LogP) is 2.06. The highest BCUT2D eigenvalue weighted by Crippen LogP contribution is 2.26. The molecule has 0 heterocycles. The Kier molecular flexibility index (Phi) is 6.09. The molecule has 1 rings (SSSR count). The van der Waals surface area contributed by atoms with Gasteiger partial charge in [0, 0.05) is 24.7 Å². The van der Waals surface area contributed by atoms with E-state index in [-0.39, 0.29) is 19.7 Å². The Morgan fingerprint density at radius 2 is 1.90 bits per heavy atom. The summed E-state index contributed by atoms with van der Waals surface area (Å²) in [5.74, 6) is 1.02. The van der Waals surface area contributed by atoms with Crippen LogP contribution in [0.25, 0.3) is 0 Å². The quantitative estimate of drug-likeness (QED) is 0.835. The molecule has 4 nitrogen and oxygen atoms in total. The van der Waals surface area contributed by atoms with Crippen LogP contribution in [0.1, 0.15) is 5.56 Å². The number of benzene rings is 1. The van der Waals surface area contributed by atoms with Gasteiger partial charge in [-0.2, -0.15) is 13.2 Å². The van der Waals surface area contributed by atoms with E-state index in [1.54, 1.807) is 18.2 Å². The normalized spacial score (nSPS) is 11.8. The second kappa shape index (κ2) is 7.35. The van der Waals surface area contributed by atoms with Gasteiger partial charge >= 0.3 is 6.18 Å². The van der Waals surface area contributed by atoms with E-state index in [1.165, 1.54) is 14.2 Å². The highest BCUT2D eigenvalue weighted by atomic mass is 19.4. The number of nitrogens with zero attached hydrogens (tertiary/aromatic N) is 1. The smallest absolute Gasteiger partial charge is 0.401 e. The summed E-state index contributed by atoms with van der Waals surface area (Å²) in [6.45, 7) is -1.45. The van der Waals surface area contributed by atoms with Crippen LogP contribution in [-0.4, -0.2) is 50.1 Å². The van der Waals surface area contributed by atoms with E-state index in [0.29, 0.717) is 17.1 Å². The fraction of sp³-hybridized carbons (Fsp3) is 0.538. The van der Waals surface area contributed by atoms with Gasteiger partial charge in [-0.1, -0.05) is 6.07 Å². The summed E-state index contributed by atoms with van der Waals surface area (Å²) in [4.78, 5) is 1.12. The first kappa shape index (κ1) is 16.6. The minimum Gasteiger partial charge on any atom is -0.497 e. The molecule has 1 N–H and O–H groups in total. The van der Waals surface area contributed by atoms with Gasteiger partial charge in [0.1, 0.15) is 11.5 Å². The first-order chi connectivity index (χ1) is 9.39. The van der Waals surface area contributed by atoms with Crippen LogP contribution in [0.4, 0.5) is 13.2 Å². The van der Waals surface area contributed by atoms with E-state index in [1.807, 2.05) is 0 Å². The summed E-state index contributed by atoms with van der Waals surface area (Å²) in [6.07, 6.45) is -4.31. The van der Waals surface area contributed by atoms with E-state index in [0.717, 1.165) is 4.90 Å². The third kappa shape index (κ3) is 5.26. The Morgan fingerprint density at radius 3 is 2.40 bits per heavy atom. The van der Waals surface area contributed by atoms with Gasteiger partial charge in [0.15, 0.2) is 0 Å². The Hall–Kier alpha value is -1.47. The predicted molar refractivity (Wildman–Crippen MR) is 68.0 cm³/mol. The van der Waals surface area contributed by atoms with E-state index in [9.17, 15) is 13.2 Å². The number of ether oxygens (including phenoxy) is 2. The van der Waals surface area contributed by atoms with E-state index in [4.69, 9.17) is 14.6 Å². The molecule has 0 saturated heterocycles. The van der Waals surface area contributed by atoms with Crippen LogP contribution < -0.4 is 9.47 Å². The van der Waals surface area contributed by atoms with E-state index in [2.05, 4.69) is 0 Å². The SMILES string of the molecule is COc1ccc(CN(CCO)CC(F)(F)F)c(OC)c1. The second-order valence-electron chi connectivity index (χ2n) is 4.23. The van der Waals surface area contributed by atoms with Crippen LogP contribution in [0.15, 0.2) is 18.2 Å². The summed E-state index contributed by atoms with van der Waals surface area (Å²) in [7, 11) is 2.94. The average Bonchev–Trinajstić information content (AvgIpc) is 2.37. The number of methoxy groups -OCH3 is 2. The molecule has 0 aliphatic rings. The zero-order valence-electron chi connectivity index (χ0n) is 11.4. The molecule has 0 atom stereocenters. The lowest BCUT2D eigenvalue weighted by atomic mass is 10.1. The van der Waals surface area contributed by atoms with Crippen LogP contribution in [0.5, 0.6) is 11.5 Å². The number of alkyl halides is 3. The summed E-state index contributed by atoms with van der Waals surface area (Å²) in [5, 5.41) is 8.86. The molecule has 0 saturated carbocycles. The Labute approximate surface area is 115 Å². The molecule has 1 aromatic rings. The average molecular weight is 293 g/mol. The van der Waals surface area contributed by atoms with Crippen molar-refractivity contribution in [2.24, 2.45) is 0 Å². The maximum atomic E-state index is 12.5. The maximum absolute atomic E-state index is 12.5. The fourth-order valence-electron chi connectivity index (χ4n) is 1.83. The number of aliphatic hydroxyl groups is 1. The minimum absolute atomic E-state index is 0.0350. The summed E-state index contributed by atoms with van der Waals surface area (Å²) >= 11 is 0. The van der Waals surface area contributed by atoms with Crippen molar-refractivity contribution >= 4 is 0 Å². The van der Waals surface area contributed by atoms with Crippen LogP contribution in [-0.2, 0) is 6.54 Å². The summed E-state index contributed by atoms with van der Waals surface area (Å²) < 4.78 is 47.6. The zero-order valence-corrected chi connectivity index (χ0v) is 11.4. The van der Waals surface area contributed by atoms with Crippen LogP contribution >= 0.6 is 0 Å². The Morgan fingerprint density at radius 1 is 1.20 bits per heavy atom. The van der Waals surface area contributed by atoms with Crippen molar-refractivity contribution in [3.63, 3.8) is 0 Å². The molecule has 0 bridgehead atoms. The van der Waals surface area contributed by atoms with Crippen molar-refractivity contribution in [3.8, 4) is 11.5 Å². The van der Waals surface area contributed by atoms with Gasteiger partial charge in [-0.05, 0) is 6.07 Å². The van der Waals surface area contributed by atoms with Crippen LogP contribution in [0.2, 0.25) is 0 Å². The molecule has 0 amide bonds. The van der Waals surface area contributed by atoms with Gasteiger partial charge in [0.05, 0.1) is 27.4 Å². The van der Waals surface area contributed by atoms with Crippen LogP contribution in [0, 0.1) is 0 Å². The molecule has 114 valence electrons. The maximum Gasteiger partial charge on any atom is 0.401 e. The molecular weight excluding hydrogens is 275 g/mol. The highest BCUT2D eigenvalue weighted by Gasteiger charge is 2.30. The summed E-state index contributed by atoms with van der Waals surface area (Å²) in [5.41, 5.74) is 0.603. The number of aliphatic hydroxyl groups excluding tert-OH is 1. The number of hydrogen-bond donors (Lipinski definition) is 1. The molecule has 20 heavy (non-hydrogen) atoms. The molecule has 0 radical (unpaired) electrons. The van der Waals surface area contributed by atoms with Crippen LogP contribution in [0.3, 0.4) is 0 Å². The molecular formula is C13H18F3NO3. The molecule has 0 spiro atoms. The Bertz CT molecular complexity index is 424. The molecule has 0 fully saturated rings. The minimum atomic E-state index is -4.31. The molecule has 0 aliphatic carbocycles. The third-order valence-corrected chi connectivity index (χ3v) is 2.71. The van der Waals surface area contributed by atoms with Crippen molar-refractivity contribution in [2.75, 3.05) is 33.9 Å². The topological polar surface area (TPSA) is 41.9 Å². The number of rotatable bonds is 7. The molecule has 0 aromatic heterocycles. The van der Waals surface area contributed by atoms with Crippen molar-refractivity contribution in [1.82, 2.24) is 4.90 Å². The van der Waals surface area contributed by atoms with Crippen molar-refractivity contribution in [2.45, 2.75) is 12.7 Å². The van der Waals surface area contributed by atoms with Crippen molar-refractivity contribution in [3.05, 3.63) is 23.8 Å². The van der Waals surface area contributed by atoms with Gasteiger partial charge < -0.3 is 14.6 Å². The van der Waals surface area contributed by atoms with Gasteiger partial charge in [-0.25, -0.2) is 0 Å². The van der Waals surface area contributed by atoms with E-state index < -0.39 is 12.7 Å². The van der Waals surface area contributed by atoms with Gasteiger partial charge in [0.25, 0.3) is 0 Å². The monoisotopic (exact) mass is 293 g/mol. The third-order valence-electron chi connectivity index (χ3n) is 2.71. The van der Waals surface area contributed by atoms with E-state index >= 15 is 0 Å². The van der Waals surface area contributed by atoms with Gasteiger partial charge in [-0.3, -0.25) is 4.90 Å². The molecule has 7 heteroatoms. The first-order valence-electron chi connectivity index (χ1n) is 6.00. The lowest BCUT2D eigenvalue weighted by molar-refractivity contribution is -0.148. The standard InChI is InChI=1S/C13H18F3NO3/c1-19-11-4-3-10(12(7-11)20-2)8-17(5-6-18)9-13(14,15)16/h3-4,7,18H,5-6,8-9H2,1-2H3. The molecule has 1 aromatic carbocycles. The zero-order chi connectivity index (χ0) is 15.2. The molecule has 0 unspecified atom stereocenters. The van der Waals surface area contributed by atoms with Crippen molar-refractivity contribution < 1.29 is 27.8 Å². The fourth-order valence-corrected chi connectivity index (χ4v) is 1.83. The van der Waals surface area contributed by atoms with Crippen molar-refractivity contribution in [1.29, 1.82) is 0 Å². The highest BCUT2D eigenvalue weighted by molar-refractivity contribution is 5.40. The lowest BCUT2D eigenvalue weighted by Gasteiger charge is -2.23. The van der Waals surface area contributed by atoms with Gasteiger partial charge in [0.2, 0.25) is 0 Å². The number of halogens is 3. The van der Waals surface area contributed by atoms with Gasteiger partial charge in [-0.15, -0.1) is 0 Å². The largest absolute Gasteiger partial charge is 0.497 e. The number of hydrogen-bond acceptors (Lipinski definition) is 4. The second-order valence-corrected chi connectivity index (χ2v) is 4.23. The molecule has 0 aliphatic heterocycles. The summed E-state index contributed by atoms with van der Waals surface area (Å²) in [6, 6.07) is 4.92. The lowest BCUT2D eigenvalue weighted by Crippen LogP contribution is -2.35.